The zero-order chi connectivity index (χ0) is 18.1. The molecule has 0 spiro atoms. The quantitative estimate of drug-likeness (QED) is 0.877. The van der Waals surface area contributed by atoms with Crippen molar-refractivity contribution in [3.05, 3.63) is 41.2 Å². The van der Waals surface area contributed by atoms with E-state index in [1.54, 1.807) is 6.20 Å². The van der Waals surface area contributed by atoms with E-state index in [2.05, 4.69) is 9.97 Å². The third-order valence-corrected chi connectivity index (χ3v) is 5.80. The molecule has 2 aliphatic rings. The van der Waals surface area contributed by atoms with Crippen molar-refractivity contribution in [3.63, 3.8) is 0 Å². The van der Waals surface area contributed by atoms with Gasteiger partial charge < -0.3 is 10.6 Å². The Morgan fingerprint density at radius 2 is 1.88 bits per heavy atom. The highest BCUT2D eigenvalue weighted by atomic mass is 35.5. The first-order valence-electron chi connectivity index (χ1n) is 9.32. The van der Waals surface area contributed by atoms with Crippen LogP contribution in [0.1, 0.15) is 50.3 Å². The molecular formula is C20H23ClN4O. The summed E-state index contributed by atoms with van der Waals surface area (Å²) >= 11 is 6.03. The number of amides is 1. The van der Waals surface area contributed by atoms with Gasteiger partial charge in [-0.05, 0) is 49.8 Å². The lowest BCUT2D eigenvalue weighted by Crippen LogP contribution is -2.44. The van der Waals surface area contributed by atoms with Gasteiger partial charge in [-0.1, -0.05) is 30.2 Å². The molecule has 0 bridgehead atoms. The summed E-state index contributed by atoms with van der Waals surface area (Å²) in [6, 6.07) is 7.60. The van der Waals surface area contributed by atoms with Crippen LogP contribution in [0.5, 0.6) is 0 Å². The van der Waals surface area contributed by atoms with E-state index in [1.807, 2.05) is 29.2 Å². The van der Waals surface area contributed by atoms with E-state index in [4.69, 9.17) is 17.3 Å². The van der Waals surface area contributed by atoms with Crippen LogP contribution in [0, 0.1) is 5.92 Å². The Bertz CT molecular complexity index is 804. The van der Waals surface area contributed by atoms with Crippen molar-refractivity contribution < 1.29 is 4.79 Å². The molecule has 1 saturated carbocycles. The summed E-state index contributed by atoms with van der Waals surface area (Å²) in [7, 11) is 0. The van der Waals surface area contributed by atoms with Gasteiger partial charge in [0.1, 0.15) is 0 Å². The molecular weight excluding hydrogens is 348 g/mol. The van der Waals surface area contributed by atoms with E-state index in [1.165, 1.54) is 0 Å². The number of benzene rings is 1. The Morgan fingerprint density at radius 3 is 2.58 bits per heavy atom. The molecule has 136 valence electrons. The predicted molar refractivity (Wildman–Crippen MR) is 103 cm³/mol. The van der Waals surface area contributed by atoms with Gasteiger partial charge in [0.2, 0.25) is 11.9 Å². The van der Waals surface area contributed by atoms with Crippen LogP contribution < -0.4 is 5.73 Å². The number of likely N-dealkylation sites (tertiary alicyclic amines) is 1. The smallest absolute Gasteiger partial charge is 0.226 e. The molecule has 1 aromatic heterocycles. The molecule has 2 aromatic rings. The first-order valence-corrected chi connectivity index (χ1v) is 9.70. The molecule has 0 unspecified atom stereocenters. The first kappa shape index (κ1) is 17.3. The van der Waals surface area contributed by atoms with E-state index in [-0.39, 0.29) is 23.8 Å². The molecule has 2 fully saturated rings. The fourth-order valence-corrected chi connectivity index (χ4v) is 4.01. The highest BCUT2D eigenvalue weighted by Crippen LogP contribution is 2.39. The van der Waals surface area contributed by atoms with Crippen molar-refractivity contribution in [1.82, 2.24) is 14.9 Å². The third-order valence-electron chi connectivity index (χ3n) is 5.55. The van der Waals surface area contributed by atoms with Crippen LogP contribution in [0.3, 0.4) is 0 Å². The average molecular weight is 371 g/mol. The lowest BCUT2D eigenvalue weighted by molar-refractivity contribution is -0.142. The van der Waals surface area contributed by atoms with Crippen LogP contribution in [0.4, 0.5) is 5.95 Å². The summed E-state index contributed by atoms with van der Waals surface area (Å²) in [4.78, 5) is 23.8. The SMILES string of the molecule is Nc1ncc(-c2ccc(Cl)cc2)c([C@H]2CCCCN2C(=O)C2CCC2)n1. The molecule has 4 rings (SSSR count). The van der Waals surface area contributed by atoms with Crippen LogP contribution in [0.25, 0.3) is 11.1 Å². The maximum atomic E-state index is 13.0. The summed E-state index contributed by atoms with van der Waals surface area (Å²) in [6.45, 7) is 0.796. The Kier molecular flexibility index (Phi) is 4.81. The van der Waals surface area contributed by atoms with Gasteiger partial charge in [-0.3, -0.25) is 4.79 Å². The largest absolute Gasteiger partial charge is 0.368 e. The number of piperidine rings is 1. The number of nitrogens with two attached hydrogens (primary N) is 1. The number of rotatable bonds is 3. The minimum atomic E-state index is -0.0344. The number of nitrogen functional groups attached to an aromatic ring is 1. The molecule has 1 amide bonds. The van der Waals surface area contributed by atoms with Crippen LogP contribution in [-0.4, -0.2) is 27.3 Å². The summed E-state index contributed by atoms with van der Waals surface area (Å²) in [5.74, 6) is 0.716. The standard InChI is InChI=1S/C20H23ClN4O/c21-15-9-7-13(8-10-15)16-12-23-20(22)24-18(16)17-6-1-2-11-25(17)19(26)14-4-3-5-14/h7-10,12,14,17H,1-6,11H2,(H2,22,23,24)/t17-/m1/s1. The Morgan fingerprint density at radius 1 is 1.12 bits per heavy atom. The molecule has 26 heavy (non-hydrogen) atoms. The second-order valence-corrected chi connectivity index (χ2v) is 7.64. The van der Waals surface area contributed by atoms with Crippen LogP contribution >= 0.6 is 11.6 Å². The van der Waals surface area contributed by atoms with Crippen LogP contribution in [0.15, 0.2) is 30.5 Å². The normalized spacial score (nSPS) is 20.7. The van der Waals surface area contributed by atoms with Gasteiger partial charge in [0.05, 0.1) is 11.7 Å². The number of halogens is 1. The topological polar surface area (TPSA) is 72.1 Å². The van der Waals surface area contributed by atoms with Gasteiger partial charge >= 0.3 is 0 Å². The highest BCUT2D eigenvalue weighted by molar-refractivity contribution is 6.30. The molecule has 0 radical (unpaired) electrons. The van der Waals surface area contributed by atoms with E-state index >= 15 is 0 Å². The van der Waals surface area contributed by atoms with Crippen LogP contribution in [0.2, 0.25) is 5.02 Å². The molecule has 2 heterocycles. The number of carbonyl (C=O) groups is 1. The lowest BCUT2D eigenvalue weighted by Gasteiger charge is -2.40. The van der Waals surface area contributed by atoms with Gasteiger partial charge in [-0.2, -0.15) is 0 Å². The first-order chi connectivity index (χ1) is 12.6. The number of hydrogen-bond acceptors (Lipinski definition) is 4. The summed E-state index contributed by atoms with van der Waals surface area (Å²) < 4.78 is 0. The van der Waals surface area contributed by atoms with Gasteiger partial charge in [-0.25, -0.2) is 9.97 Å². The average Bonchev–Trinajstić information content (AvgIpc) is 2.61. The third kappa shape index (κ3) is 3.28. The minimum absolute atomic E-state index is 0.0344. The fraction of sp³-hybridized carbons (Fsp3) is 0.450. The summed E-state index contributed by atoms with van der Waals surface area (Å²) in [5.41, 5.74) is 8.68. The van der Waals surface area contributed by atoms with E-state index in [9.17, 15) is 4.79 Å². The van der Waals surface area contributed by atoms with Crippen molar-refractivity contribution in [2.45, 2.75) is 44.6 Å². The number of carbonyl (C=O) groups excluding carboxylic acids is 1. The molecule has 1 aliphatic carbocycles. The Hall–Kier alpha value is -2.14. The number of nitrogens with zero attached hydrogens (tertiary/aromatic N) is 3. The Labute approximate surface area is 158 Å². The summed E-state index contributed by atoms with van der Waals surface area (Å²) in [6.07, 6.45) is 7.99. The monoisotopic (exact) mass is 370 g/mol. The predicted octanol–water partition coefficient (Wildman–Crippen LogP) is 4.23. The molecule has 1 aromatic carbocycles. The lowest BCUT2D eigenvalue weighted by atomic mass is 9.83. The number of aromatic nitrogens is 2. The highest BCUT2D eigenvalue weighted by Gasteiger charge is 2.36. The maximum Gasteiger partial charge on any atom is 0.226 e. The molecule has 6 heteroatoms. The molecule has 5 nitrogen and oxygen atoms in total. The van der Waals surface area contributed by atoms with Crippen molar-refractivity contribution in [1.29, 1.82) is 0 Å². The van der Waals surface area contributed by atoms with Crippen molar-refractivity contribution in [2.75, 3.05) is 12.3 Å². The second-order valence-electron chi connectivity index (χ2n) is 7.21. The van der Waals surface area contributed by atoms with Gasteiger partial charge in [-0.15, -0.1) is 0 Å². The maximum absolute atomic E-state index is 13.0. The zero-order valence-electron chi connectivity index (χ0n) is 14.7. The fourth-order valence-electron chi connectivity index (χ4n) is 3.88. The van der Waals surface area contributed by atoms with E-state index < -0.39 is 0 Å². The van der Waals surface area contributed by atoms with Gasteiger partial charge in [0.25, 0.3) is 0 Å². The Balaban J connectivity index is 1.73. The minimum Gasteiger partial charge on any atom is -0.368 e. The molecule has 1 saturated heterocycles. The zero-order valence-corrected chi connectivity index (χ0v) is 15.5. The van der Waals surface area contributed by atoms with Crippen molar-refractivity contribution >= 4 is 23.5 Å². The number of anilines is 1. The van der Waals surface area contributed by atoms with Crippen LogP contribution in [-0.2, 0) is 4.79 Å². The summed E-state index contributed by atoms with van der Waals surface area (Å²) in [5, 5.41) is 0.686. The second kappa shape index (κ2) is 7.23. The van der Waals surface area contributed by atoms with Gasteiger partial charge in [0.15, 0.2) is 0 Å². The molecule has 1 atom stereocenters. The molecule has 1 aliphatic heterocycles. The number of hydrogen-bond donors (Lipinski definition) is 1. The van der Waals surface area contributed by atoms with E-state index in [0.29, 0.717) is 5.02 Å². The van der Waals surface area contributed by atoms with E-state index in [0.717, 1.165) is 61.9 Å². The van der Waals surface area contributed by atoms with Crippen molar-refractivity contribution in [3.8, 4) is 11.1 Å². The molecule has 2 N–H and O–H groups in total. The van der Waals surface area contributed by atoms with Crippen molar-refractivity contribution in [2.24, 2.45) is 5.92 Å². The van der Waals surface area contributed by atoms with Gasteiger partial charge in [0, 0.05) is 29.2 Å².